The van der Waals surface area contributed by atoms with E-state index in [1.165, 1.54) is 5.56 Å². The molecular formula is C19H24N4O. The van der Waals surface area contributed by atoms with Gasteiger partial charge in [0.05, 0.1) is 23.9 Å². The summed E-state index contributed by atoms with van der Waals surface area (Å²) in [6.07, 6.45) is 3.26. The van der Waals surface area contributed by atoms with E-state index < -0.39 is 0 Å². The molecule has 2 heterocycles. The number of benzene rings is 1. The van der Waals surface area contributed by atoms with Crippen LogP contribution < -0.4 is 0 Å². The normalized spacial score (nSPS) is 17.3. The van der Waals surface area contributed by atoms with E-state index >= 15 is 0 Å². The number of nitrogens with zero attached hydrogens (tertiary/aromatic N) is 4. The summed E-state index contributed by atoms with van der Waals surface area (Å²) in [4.78, 5) is 2.46. The third-order valence-corrected chi connectivity index (χ3v) is 4.57. The lowest BCUT2D eigenvalue weighted by Gasteiger charge is -2.23. The van der Waals surface area contributed by atoms with Gasteiger partial charge in [-0.15, -0.1) is 0 Å². The van der Waals surface area contributed by atoms with Gasteiger partial charge in [-0.25, -0.2) is 0 Å². The molecule has 0 saturated carbocycles. The first-order valence-corrected chi connectivity index (χ1v) is 8.52. The lowest BCUT2D eigenvalue weighted by atomic mass is 10.0. The summed E-state index contributed by atoms with van der Waals surface area (Å²) in [7, 11) is 1.96. The van der Waals surface area contributed by atoms with Crippen molar-refractivity contribution in [2.45, 2.75) is 19.9 Å². The van der Waals surface area contributed by atoms with Crippen molar-refractivity contribution >= 4 is 0 Å². The molecule has 1 aliphatic heterocycles. The SMILES string of the molecule is CCN(Cc1cn(C)nc1-c1ccc(C#N)cc1)CC1CCOC1. The van der Waals surface area contributed by atoms with Gasteiger partial charge in [-0.05, 0) is 31.0 Å². The number of hydrogen-bond donors (Lipinski definition) is 0. The molecule has 0 aliphatic carbocycles. The van der Waals surface area contributed by atoms with Gasteiger partial charge in [0.1, 0.15) is 0 Å². The Balaban J connectivity index is 1.78. The molecule has 0 radical (unpaired) electrons. The van der Waals surface area contributed by atoms with Crippen molar-refractivity contribution in [3.05, 3.63) is 41.6 Å². The van der Waals surface area contributed by atoms with E-state index in [1.807, 2.05) is 36.0 Å². The predicted octanol–water partition coefficient (Wildman–Crippen LogP) is 2.82. The summed E-state index contributed by atoms with van der Waals surface area (Å²) in [6.45, 7) is 6.94. The van der Waals surface area contributed by atoms with Crippen molar-refractivity contribution in [1.82, 2.24) is 14.7 Å². The van der Waals surface area contributed by atoms with E-state index in [4.69, 9.17) is 10.00 Å². The summed E-state index contributed by atoms with van der Waals surface area (Å²) >= 11 is 0. The van der Waals surface area contributed by atoms with Crippen LogP contribution in [0.5, 0.6) is 0 Å². The lowest BCUT2D eigenvalue weighted by Crippen LogP contribution is -2.29. The smallest absolute Gasteiger partial charge is 0.0991 e. The maximum absolute atomic E-state index is 8.96. The Morgan fingerprint density at radius 2 is 2.17 bits per heavy atom. The Labute approximate surface area is 143 Å². The van der Waals surface area contributed by atoms with Crippen LogP contribution in [0.15, 0.2) is 30.5 Å². The molecule has 1 atom stereocenters. The van der Waals surface area contributed by atoms with Crippen molar-refractivity contribution in [2.24, 2.45) is 13.0 Å². The van der Waals surface area contributed by atoms with Crippen LogP contribution in [-0.2, 0) is 18.3 Å². The third-order valence-electron chi connectivity index (χ3n) is 4.57. The highest BCUT2D eigenvalue weighted by molar-refractivity contribution is 5.63. The molecule has 1 fully saturated rings. The van der Waals surface area contributed by atoms with Gasteiger partial charge in [0.15, 0.2) is 0 Å². The molecule has 1 aromatic carbocycles. The molecule has 126 valence electrons. The first-order valence-electron chi connectivity index (χ1n) is 8.52. The summed E-state index contributed by atoms with van der Waals surface area (Å²) < 4.78 is 7.37. The number of hydrogen-bond acceptors (Lipinski definition) is 4. The Kier molecular flexibility index (Phi) is 5.29. The third kappa shape index (κ3) is 3.84. The minimum atomic E-state index is 0.639. The van der Waals surface area contributed by atoms with Gasteiger partial charge >= 0.3 is 0 Å². The van der Waals surface area contributed by atoms with Crippen LogP contribution in [0.3, 0.4) is 0 Å². The van der Waals surface area contributed by atoms with Crippen molar-refractivity contribution in [3.8, 4) is 17.3 Å². The Hall–Kier alpha value is -2.16. The molecular weight excluding hydrogens is 300 g/mol. The van der Waals surface area contributed by atoms with E-state index in [-0.39, 0.29) is 0 Å². The number of ether oxygens (including phenoxy) is 1. The van der Waals surface area contributed by atoms with Crippen LogP contribution in [0, 0.1) is 17.2 Å². The minimum absolute atomic E-state index is 0.639. The van der Waals surface area contributed by atoms with Crippen LogP contribution in [-0.4, -0.2) is 41.0 Å². The molecule has 24 heavy (non-hydrogen) atoms. The summed E-state index contributed by atoms with van der Waals surface area (Å²) in [5.74, 6) is 0.639. The number of nitriles is 1. The highest BCUT2D eigenvalue weighted by Gasteiger charge is 2.20. The molecule has 5 nitrogen and oxygen atoms in total. The van der Waals surface area contributed by atoms with Gasteiger partial charge in [0.2, 0.25) is 0 Å². The van der Waals surface area contributed by atoms with E-state index in [1.54, 1.807) is 0 Å². The first-order chi connectivity index (χ1) is 11.7. The van der Waals surface area contributed by atoms with Crippen LogP contribution in [0.2, 0.25) is 0 Å². The largest absolute Gasteiger partial charge is 0.381 e. The van der Waals surface area contributed by atoms with Gasteiger partial charge in [-0.1, -0.05) is 19.1 Å². The fourth-order valence-corrected chi connectivity index (χ4v) is 3.24. The molecule has 0 spiro atoms. The molecule has 3 rings (SSSR count). The Bertz CT molecular complexity index is 708. The maximum Gasteiger partial charge on any atom is 0.0991 e. The van der Waals surface area contributed by atoms with E-state index in [0.717, 1.165) is 50.5 Å². The fraction of sp³-hybridized carbons (Fsp3) is 0.474. The van der Waals surface area contributed by atoms with Gasteiger partial charge in [0, 0.05) is 44.1 Å². The quantitative estimate of drug-likeness (QED) is 0.820. The second-order valence-electron chi connectivity index (χ2n) is 6.42. The van der Waals surface area contributed by atoms with Gasteiger partial charge in [-0.2, -0.15) is 10.4 Å². The minimum Gasteiger partial charge on any atom is -0.381 e. The molecule has 0 amide bonds. The zero-order valence-electron chi connectivity index (χ0n) is 14.4. The molecule has 1 unspecified atom stereocenters. The second-order valence-corrected chi connectivity index (χ2v) is 6.42. The Morgan fingerprint density at radius 1 is 1.38 bits per heavy atom. The van der Waals surface area contributed by atoms with Crippen LogP contribution in [0.1, 0.15) is 24.5 Å². The Morgan fingerprint density at radius 3 is 2.79 bits per heavy atom. The topological polar surface area (TPSA) is 54.1 Å². The van der Waals surface area contributed by atoms with Crippen molar-refractivity contribution in [3.63, 3.8) is 0 Å². The van der Waals surface area contributed by atoms with Crippen LogP contribution in [0.25, 0.3) is 11.3 Å². The molecule has 1 aliphatic rings. The van der Waals surface area contributed by atoms with Crippen LogP contribution in [0.4, 0.5) is 0 Å². The number of aromatic nitrogens is 2. The van der Waals surface area contributed by atoms with Crippen molar-refractivity contribution in [1.29, 1.82) is 5.26 Å². The van der Waals surface area contributed by atoms with Gasteiger partial charge in [0.25, 0.3) is 0 Å². The zero-order chi connectivity index (χ0) is 16.9. The monoisotopic (exact) mass is 324 g/mol. The number of aryl methyl sites for hydroxylation is 1. The molecule has 0 N–H and O–H groups in total. The fourth-order valence-electron chi connectivity index (χ4n) is 3.24. The molecule has 0 bridgehead atoms. The predicted molar refractivity (Wildman–Crippen MR) is 93.2 cm³/mol. The summed E-state index contributed by atoms with van der Waals surface area (Å²) in [5.41, 5.74) is 3.96. The standard InChI is InChI=1S/C19H24N4O/c1-3-23(11-16-8-9-24-14-16)13-18-12-22(2)21-19(18)17-6-4-15(10-20)5-7-17/h4-7,12,16H,3,8-9,11,13-14H2,1-2H3. The van der Waals surface area contributed by atoms with Crippen molar-refractivity contribution in [2.75, 3.05) is 26.3 Å². The van der Waals surface area contributed by atoms with E-state index in [0.29, 0.717) is 11.5 Å². The first kappa shape index (κ1) is 16.7. The summed E-state index contributed by atoms with van der Waals surface area (Å²) in [6, 6.07) is 9.81. The summed E-state index contributed by atoms with van der Waals surface area (Å²) in [5, 5.41) is 13.6. The highest BCUT2D eigenvalue weighted by atomic mass is 16.5. The second kappa shape index (κ2) is 7.61. The molecule has 2 aromatic rings. The van der Waals surface area contributed by atoms with Gasteiger partial charge < -0.3 is 4.74 Å². The number of rotatable bonds is 6. The van der Waals surface area contributed by atoms with Gasteiger partial charge in [-0.3, -0.25) is 9.58 Å². The van der Waals surface area contributed by atoms with Crippen LogP contribution >= 0.6 is 0 Å². The highest BCUT2D eigenvalue weighted by Crippen LogP contribution is 2.24. The molecule has 5 heteroatoms. The molecule has 1 saturated heterocycles. The molecule has 1 aromatic heterocycles. The average molecular weight is 324 g/mol. The van der Waals surface area contributed by atoms with E-state index in [2.05, 4.69) is 29.2 Å². The lowest BCUT2D eigenvalue weighted by molar-refractivity contribution is 0.167. The van der Waals surface area contributed by atoms with Crippen molar-refractivity contribution < 1.29 is 4.74 Å². The average Bonchev–Trinajstić information content (AvgIpc) is 3.24. The zero-order valence-corrected chi connectivity index (χ0v) is 14.4. The maximum atomic E-state index is 8.96. The van der Waals surface area contributed by atoms with E-state index in [9.17, 15) is 0 Å².